The highest BCUT2D eigenvalue weighted by Gasteiger charge is 2.30. The Labute approximate surface area is 115 Å². The molecule has 2 atom stereocenters. The van der Waals surface area contributed by atoms with Crippen molar-refractivity contribution in [3.8, 4) is 0 Å². The molecule has 0 rings (SSSR count). The van der Waals surface area contributed by atoms with Crippen molar-refractivity contribution in [2.45, 2.75) is 57.5 Å². The van der Waals surface area contributed by atoms with E-state index in [9.17, 15) is 14.7 Å². The molecule has 1 amide bonds. The number of primary amides is 1. The molecule has 0 aliphatic heterocycles. The smallest absolute Gasteiger partial charge is 0.323 e. The van der Waals surface area contributed by atoms with Crippen molar-refractivity contribution in [2.75, 3.05) is 13.6 Å². The summed E-state index contributed by atoms with van der Waals surface area (Å²) in [6.07, 6.45) is 3.83. The Bertz CT molecular complexity index is 297. The van der Waals surface area contributed by atoms with Crippen molar-refractivity contribution in [1.29, 1.82) is 0 Å². The summed E-state index contributed by atoms with van der Waals surface area (Å²) in [6.45, 7) is 4.23. The van der Waals surface area contributed by atoms with Gasteiger partial charge in [-0.15, -0.1) is 0 Å². The van der Waals surface area contributed by atoms with E-state index in [1.807, 2.05) is 6.92 Å². The second kappa shape index (κ2) is 8.87. The van der Waals surface area contributed by atoms with Crippen LogP contribution in [0.4, 0.5) is 0 Å². The molecule has 0 aromatic rings. The Morgan fingerprint density at radius 1 is 1.32 bits per heavy atom. The van der Waals surface area contributed by atoms with Gasteiger partial charge in [-0.3, -0.25) is 9.59 Å². The van der Waals surface area contributed by atoms with E-state index >= 15 is 0 Å². The van der Waals surface area contributed by atoms with Crippen LogP contribution in [0.2, 0.25) is 0 Å². The topological polar surface area (TPSA) is 104 Å². The molecule has 0 saturated carbocycles. The molecule has 0 bridgehead atoms. The van der Waals surface area contributed by atoms with Gasteiger partial charge in [0.2, 0.25) is 5.91 Å². The lowest BCUT2D eigenvalue weighted by Gasteiger charge is -2.25. The van der Waals surface area contributed by atoms with Crippen molar-refractivity contribution in [1.82, 2.24) is 10.6 Å². The molecule has 112 valence electrons. The Morgan fingerprint density at radius 2 is 1.95 bits per heavy atom. The highest BCUT2D eigenvalue weighted by molar-refractivity contribution is 5.79. The van der Waals surface area contributed by atoms with Gasteiger partial charge in [-0.2, -0.15) is 0 Å². The Morgan fingerprint density at radius 3 is 2.37 bits per heavy atom. The van der Waals surface area contributed by atoms with Gasteiger partial charge < -0.3 is 21.5 Å². The molecule has 6 heteroatoms. The first-order valence-corrected chi connectivity index (χ1v) is 6.82. The molecule has 0 aliphatic carbocycles. The molecule has 2 unspecified atom stereocenters. The van der Waals surface area contributed by atoms with Crippen molar-refractivity contribution >= 4 is 11.9 Å². The van der Waals surface area contributed by atoms with Crippen LogP contribution in [0.5, 0.6) is 0 Å². The van der Waals surface area contributed by atoms with E-state index in [1.165, 1.54) is 0 Å². The van der Waals surface area contributed by atoms with Gasteiger partial charge in [0.15, 0.2) is 0 Å². The van der Waals surface area contributed by atoms with Gasteiger partial charge in [0.05, 0.1) is 6.04 Å². The van der Waals surface area contributed by atoms with Gasteiger partial charge in [-0.05, 0) is 33.4 Å². The second-order valence-electron chi connectivity index (χ2n) is 5.01. The number of aliphatic carboxylic acids is 1. The minimum Gasteiger partial charge on any atom is -0.480 e. The van der Waals surface area contributed by atoms with E-state index in [4.69, 9.17) is 5.73 Å². The van der Waals surface area contributed by atoms with Gasteiger partial charge in [-0.25, -0.2) is 0 Å². The van der Waals surface area contributed by atoms with Crippen LogP contribution in [0.1, 0.15) is 46.0 Å². The van der Waals surface area contributed by atoms with Crippen LogP contribution in [0.25, 0.3) is 0 Å². The third kappa shape index (κ3) is 6.54. The summed E-state index contributed by atoms with van der Waals surface area (Å²) in [4.78, 5) is 22.2. The van der Waals surface area contributed by atoms with Gasteiger partial charge in [0.1, 0.15) is 5.54 Å². The minimum atomic E-state index is -0.860. The lowest BCUT2D eigenvalue weighted by molar-refractivity contribution is -0.144. The zero-order valence-corrected chi connectivity index (χ0v) is 12.2. The maximum absolute atomic E-state index is 11.2. The maximum atomic E-state index is 11.2. The monoisotopic (exact) mass is 273 g/mol. The lowest BCUT2D eigenvalue weighted by atomic mass is 9.93. The SMILES string of the molecule is CCNC(C)(CCCCCC(NC)C(N)=O)C(=O)O. The molecule has 5 N–H and O–H groups in total. The third-order valence-electron chi connectivity index (χ3n) is 3.40. The number of hydrogen-bond acceptors (Lipinski definition) is 4. The Balaban J connectivity index is 3.95. The lowest BCUT2D eigenvalue weighted by Crippen LogP contribution is -2.49. The Hall–Kier alpha value is -1.14. The fraction of sp³-hybridized carbons (Fsp3) is 0.846. The molecule has 19 heavy (non-hydrogen) atoms. The van der Waals surface area contributed by atoms with E-state index in [1.54, 1.807) is 14.0 Å². The highest BCUT2D eigenvalue weighted by Crippen LogP contribution is 2.16. The Kier molecular flexibility index (Phi) is 8.34. The first-order valence-electron chi connectivity index (χ1n) is 6.82. The van der Waals surface area contributed by atoms with E-state index in [0.717, 1.165) is 19.3 Å². The number of nitrogens with one attached hydrogen (secondary N) is 2. The number of unbranched alkanes of at least 4 members (excludes halogenated alkanes) is 2. The van der Waals surface area contributed by atoms with Crippen molar-refractivity contribution < 1.29 is 14.7 Å². The van der Waals surface area contributed by atoms with Gasteiger partial charge in [-0.1, -0.05) is 26.2 Å². The standard InChI is InChI=1S/C13H27N3O3/c1-4-16-13(2,12(18)19)9-7-5-6-8-10(15-3)11(14)17/h10,15-16H,4-9H2,1-3H3,(H2,14,17)(H,18,19). The van der Waals surface area contributed by atoms with E-state index < -0.39 is 11.5 Å². The highest BCUT2D eigenvalue weighted by atomic mass is 16.4. The van der Waals surface area contributed by atoms with Crippen LogP contribution in [0, 0.1) is 0 Å². The molecule has 0 heterocycles. The van der Waals surface area contributed by atoms with Gasteiger partial charge in [0, 0.05) is 0 Å². The van der Waals surface area contributed by atoms with Gasteiger partial charge >= 0.3 is 5.97 Å². The van der Waals surface area contributed by atoms with E-state index in [2.05, 4.69) is 10.6 Å². The molecule has 6 nitrogen and oxygen atoms in total. The number of amides is 1. The molecule has 0 spiro atoms. The first-order chi connectivity index (χ1) is 8.87. The first kappa shape index (κ1) is 17.9. The predicted octanol–water partition coefficient (Wildman–Crippen LogP) is 0.463. The van der Waals surface area contributed by atoms with Crippen LogP contribution < -0.4 is 16.4 Å². The molecule has 0 aromatic carbocycles. The van der Waals surface area contributed by atoms with E-state index in [-0.39, 0.29) is 11.9 Å². The summed E-state index contributed by atoms with van der Waals surface area (Å²) in [5.74, 6) is -1.16. The van der Waals surface area contributed by atoms with Crippen LogP contribution in [-0.4, -0.2) is 42.2 Å². The minimum absolute atomic E-state index is 0.292. The summed E-state index contributed by atoms with van der Waals surface area (Å²) < 4.78 is 0. The quantitative estimate of drug-likeness (QED) is 0.409. The van der Waals surface area contributed by atoms with Crippen molar-refractivity contribution in [3.63, 3.8) is 0 Å². The molecule has 0 aromatic heterocycles. The normalized spacial score (nSPS) is 15.7. The zero-order valence-electron chi connectivity index (χ0n) is 12.2. The van der Waals surface area contributed by atoms with E-state index in [0.29, 0.717) is 19.4 Å². The molecular weight excluding hydrogens is 246 g/mol. The average molecular weight is 273 g/mol. The fourth-order valence-corrected chi connectivity index (χ4v) is 2.09. The molecule has 0 fully saturated rings. The number of rotatable bonds is 11. The molecule has 0 radical (unpaired) electrons. The third-order valence-corrected chi connectivity index (χ3v) is 3.40. The molecule has 0 aliphatic rings. The number of likely N-dealkylation sites (N-methyl/N-ethyl adjacent to an activating group) is 2. The molecular formula is C13H27N3O3. The average Bonchev–Trinajstić information content (AvgIpc) is 2.33. The van der Waals surface area contributed by atoms with Gasteiger partial charge in [0.25, 0.3) is 0 Å². The zero-order chi connectivity index (χ0) is 14.9. The summed E-state index contributed by atoms with van der Waals surface area (Å²) in [7, 11) is 1.71. The number of carboxylic acid groups (broad SMARTS) is 1. The fourth-order valence-electron chi connectivity index (χ4n) is 2.09. The summed E-state index contributed by atoms with van der Waals surface area (Å²) in [5, 5.41) is 15.1. The number of carbonyl (C=O) groups excluding carboxylic acids is 1. The summed E-state index contributed by atoms with van der Waals surface area (Å²) in [6, 6.07) is -0.292. The van der Waals surface area contributed by atoms with Crippen LogP contribution in [0.15, 0.2) is 0 Å². The van der Waals surface area contributed by atoms with Crippen LogP contribution in [0.3, 0.4) is 0 Å². The van der Waals surface area contributed by atoms with Crippen molar-refractivity contribution in [3.05, 3.63) is 0 Å². The number of hydrogen-bond donors (Lipinski definition) is 4. The molecule has 0 saturated heterocycles. The van der Waals surface area contributed by atoms with Crippen LogP contribution >= 0.6 is 0 Å². The largest absolute Gasteiger partial charge is 0.480 e. The number of carbonyl (C=O) groups is 2. The summed E-state index contributed by atoms with van der Waals surface area (Å²) >= 11 is 0. The number of nitrogens with two attached hydrogens (primary N) is 1. The maximum Gasteiger partial charge on any atom is 0.323 e. The van der Waals surface area contributed by atoms with Crippen molar-refractivity contribution in [2.24, 2.45) is 5.73 Å². The predicted molar refractivity (Wildman–Crippen MR) is 74.8 cm³/mol. The second-order valence-corrected chi connectivity index (χ2v) is 5.01. The summed E-state index contributed by atoms with van der Waals surface area (Å²) in [5.41, 5.74) is 4.36. The van der Waals surface area contributed by atoms with Crippen LogP contribution in [-0.2, 0) is 9.59 Å². The number of carboxylic acids is 1.